The van der Waals surface area contributed by atoms with E-state index < -0.39 is 0 Å². The summed E-state index contributed by atoms with van der Waals surface area (Å²) in [5.41, 5.74) is 2.30. The first-order valence-corrected chi connectivity index (χ1v) is 5.53. The zero-order valence-corrected chi connectivity index (χ0v) is 9.80. The topological polar surface area (TPSA) is 29.9 Å². The second-order valence-corrected chi connectivity index (χ2v) is 3.84. The van der Waals surface area contributed by atoms with Gasteiger partial charge in [0.15, 0.2) is 0 Å². The number of aryl methyl sites for hydroxylation is 2. The molecule has 3 nitrogen and oxygen atoms in total. The SMILES string of the molecule is CCn1nc(C)cc1CNC(C)CCl. The van der Waals surface area contributed by atoms with Gasteiger partial charge in [-0.2, -0.15) is 5.10 Å². The normalized spacial score (nSPS) is 13.1. The number of rotatable bonds is 5. The Morgan fingerprint density at radius 2 is 2.36 bits per heavy atom. The van der Waals surface area contributed by atoms with Crippen LogP contribution in [-0.2, 0) is 13.1 Å². The van der Waals surface area contributed by atoms with Gasteiger partial charge in [0.25, 0.3) is 0 Å². The molecule has 1 aromatic rings. The quantitative estimate of drug-likeness (QED) is 0.761. The third-order valence-corrected chi connectivity index (χ3v) is 2.61. The molecule has 0 radical (unpaired) electrons. The van der Waals surface area contributed by atoms with E-state index in [9.17, 15) is 0 Å². The van der Waals surface area contributed by atoms with Crippen LogP contribution >= 0.6 is 11.6 Å². The lowest BCUT2D eigenvalue weighted by Gasteiger charge is -2.10. The summed E-state index contributed by atoms with van der Waals surface area (Å²) in [6.45, 7) is 7.94. The van der Waals surface area contributed by atoms with Gasteiger partial charge in [-0.15, -0.1) is 11.6 Å². The number of halogens is 1. The van der Waals surface area contributed by atoms with Crippen molar-refractivity contribution in [2.45, 2.75) is 39.9 Å². The van der Waals surface area contributed by atoms with Crippen molar-refractivity contribution in [2.75, 3.05) is 5.88 Å². The van der Waals surface area contributed by atoms with Crippen LogP contribution in [0.15, 0.2) is 6.07 Å². The average molecular weight is 216 g/mol. The van der Waals surface area contributed by atoms with Gasteiger partial charge in [-0.3, -0.25) is 4.68 Å². The molecular weight excluding hydrogens is 198 g/mol. The molecule has 0 aliphatic rings. The predicted octanol–water partition coefficient (Wildman–Crippen LogP) is 1.93. The fourth-order valence-electron chi connectivity index (χ4n) is 1.35. The molecule has 0 aliphatic carbocycles. The highest BCUT2D eigenvalue weighted by atomic mass is 35.5. The highest BCUT2D eigenvalue weighted by Crippen LogP contribution is 2.03. The highest BCUT2D eigenvalue weighted by molar-refractivity contribution is 6.18. The van der Waals surface area contributed by atoms with Crippen LogP contribution in [0.4, 0.5) is 0 Å². The van der Waals surface area contributed by atoms with Crippen LogP contribution in [0, 0.1) is 6.92 Å². The summed E-state index contributed by atoms with van der Waals surface area (Å²) in [6.07, 6.45) is 0. The van der Waals surface area contributed by atoms with Crippen molar-refractivity contribution < 1.29 is 0 Å². The van der Waals surface area contributed by atoms with Crippen molar-refractivity contribution >= 4 is 11.6 Å². The first kappa shape index (κ1) is 11.5. The summed E-state index contributed by atoms with van der Waals surface area (Å²) in [7, 11) is 0. The van der Waals surface area contributed by atoms with E-state index >= 15 is 0 Å². The monoisotopic (exact) mass is 215 g/mol. The van der Waals surface area contributed by atoms with E-state index in [1.165, 1.54) is 5.69 Å². The Kier molecular flexibility index (Phi) is 4.42. The molecule has 0 saturated heterocycles. The van der Waals surface area contributed by atoms with Crippen molar-refractivity contribution in [3.05, 3.63) is 17.5 Å². The zero-order valence-electron chi connectivity index (χ0n) is 9.05. The molecule has 4 heteroatoms. The van der Waals surface area contributed by atoms with E-state index in [0.29, 0.717) is 11.9 Å². The first-order valence-electron chi connectivity index (χ1n) is 5.00. The van der Waals surface area contributed by atoms with E-state index in [-0.39, 0.29) is 0 Å². The number of hydrogen-bond donors (Lipinski definition) is 1. The van der Waals surface area contributed by atoms with Crippen molar-refractivity contribution in [3.63, 3.8) is 0 Å². The fourth-order valence-corrected chi connectivity index (χ4v) is 1.46. The van der Waals surface area contributed by atoms with Crippen molar-refractivity contribution in [2.24, 2.45) is 0 Å². The lowest BCUT2D eigenvalue weighted by atomic mass is 10.3. The molecular formula is C10H18ClN3. The maximum absolute atomic E-state index is 5.71. The van der Waals surface area contributed by atoms with Gasteiger partial charge in [-0.05, 0) is 26.8 Å². The Labute approximate surface area is 90.4 Å². The molecule has 0 aliphatic heterocycles. The van der Waals surface area contributed by atoms with Gasteiger partial charge >= 0.3 is 0 Å². The van der Waals surface area contributed by atoms with Gasteiger partial charge in [0, 0.05) is 25.0 Å². The summed E-state index contributed by atoms with van der Waals surface area (Å²) in [4.78, 5) is 0. The highest BCUT2D eigenvalue weighted by Gasteiger charge is 2.05. The molecule has 0 fully saturated rings. The summed E-state index contributed by atoms with van der Waals surface area (Å²) in [5.74, 6) is 0.638. The van der Waals surface area contributed by atoms with Gasteiger partial charge in [0.1, 0.15) is 0 Å². The largest absolute Gasteiger partial charge is 0.307 e. The van der Waals surface area contributed by atoms with Gasteiger partial charge in [0.2, 0.25) is 0 Å². The molecule has 0 spiro atoms. The molecule has 0 bridgehead atoms. The van der Waals surface area contributed by atoms with Gasteiger partial charge in [-0.1, -0.05) is 0 Å². The Morgan fingerprint density at radius 1 is 1.64 bits per heavy atom. The molecule has 14 heavy (non-hydrogen) atoms. The van der Waals surface area contributed by atoms with Crippen molar-refractivity contribution in [1.29, 1.82) is 0 Å². The minimum Gasteiger partial charge on any atom is -0.307 e. The molecule has 1 N–H and O–H groups in total. The van der Waals surface area contributed by atoms with Crippen LogP contribution in [0.2, 0.25) is 0 Å². The second-order valence-electron chi connectivity index (χ2n) is 3.53. The molecule has 0 amide bonds. The maximum Gasteiger partial charge on any atom is 0.0597 e. The van der Waals surface area contributed by atoms with Crippen LogP contribution < -0.4 is 5.32 Å². The predicted molar refractivity (Wildman–Crippen MR) is 59.7 cm³/mol. The van der Waals surface area contributed by atoms with Crippen molar-refractivity contribution in [3.8, 4) is 0 Å². The van der Waals surface area contributed by atoms with Gasteiger partial charge in [0.05, 0.1) is 11.4 Å². The Morgan fingerprint density at radius 3 is 2.93 bits per heavy atom. The van der Waals surface area contributed by atoms with Crippen LogP contribution in [-0.4, -0.2) is 21.7 Å². The van der Waals surface area contributed by atoms with E-state index in [0.717, 1.165) is 18.8 Å². The second kappa shape index (κ2) is 5.37. The van der Waals surface area contributed by atoms with E-state index in [1.807, 2.05) is 11.6 Å². The zero-order chi connectivity index (χ0) is 10.6. The molecule has 1 heterocycles. The summed E-state index contributed by atoms with van der Waals surface area (Å²) in [6, 6.07) is 2.45. The molecule has 1 rings (SSSR count). The van der Waals surface area contributed by atoms with Crippen LogP contribution in [0.5, 0.6) is 0 Å². The van der Waals surface area contributed by atoms with Crippen molar-refractivity contribution in [1.82, 2.24) is 15.1 Å². The van der Waals surface area contributed by atoms with Gasteiger partial charge < -0.3 is 5.32 Å². The number of nitrogens with zero attached hydrogens (tertiary/aromatic N) is 2. The van der Waals surface area contributed by atoms with Crippen LogP contribution in [0.1, 0.15) is 25.2 Å². The minimum atomic E-state index is 0.345. The number of nitrogens with one attached hydrogen (secondary N) is 1. The average Bonchev–Trinajstić information content (AvgIpc) is 2.55. The summed E-state index contributed by atoms with van der Waals surface area (Å²) < 4.78 is 2.02. The molecule has 1 atom stereocenters. The molecule has 0 saturated carbocycles. The lowest BCUT2D eigenvalue weighted by Crippen LogP contribution is -2.27. The number of hydrogen-bond acceptors (Lipinski definition) is 2. The Balaban J connectivity index is 2.57. The number of alkyl halides is 1. The first-order chi connectivity index (χ1) is 6.67. The van der Waals surface area contributed by atoms with E-state index in [1.54, 1.807) is 0 Å². The van der Waals surface area contributed by atoms with Crippen LogP contribution in [0.3, 0.4) is 0 Å². The maximum atomic E-state index is 5.71. The third-order valence-electron chi connectivity index (χ3n) is 2.15. The minimum absolute atomic E-state index is 0.345. The van der Waals surface area contributed by atoms with E-state index in [4.69, 9.17) is 11.6 Å². The molecule has 0 aromatic carbocycles. The number of aromatic nitrogens is 2. The van der Waals surface area contributed by atoms with E-state index in [2.05, 4.69) is 30.3 Å². The molecule has 80 valence electrons. The molecule has 1 aromatic heterocycles. The Hall–Kier alpha value is -0.540. The fraction of sp³-hybridized carbons (Fsp3) is 0.700. The third kappa shape index (κ3) is 3.00. The Bertz CT molecular complexity index is 283. The summed E-state index contributed by atoms with van der Waals surface area (Å²) >= 11 is 5.71. The van der Waals surface area contributed by atoms with Crippen LogP contribution in [0.25, 0.3) is 0 Å². The standard InChI is InChI=1S/C10H18ClN3/c1-4-14-10(5-8(2)13-14)7-12-9(3)6-11/h5,9,12H,4,6-7H2,1-3H3. The van der Waals surface area contributed by atoms with Gasteiger partial charge in [-0.25, -0.2) is 0 Å². The smallest absolute Gasteiger partial charge is 0.0597 e. The summed E-state index contributed by atoms with van der Waals surface area (Å²) in [5, 5.41) is 7.72. The molecule has 1 unspecified atom stereocenters. The lowest BCUT2D eigenvalue weighted by molar-refractivity contribution is 0.542.